The van der Waals surface area contributed by atoms with Gasteiger partial charge in [-0.05, 0) is 12.0 Å². The Bertz CT molecular complexity index is 610. The number of carboxylic acids is 1. The first-order chi connectivity index (χ1) is 9.48. The SMILES string of the molecule is O=C(O)C1=CCC2C1C(=O)C2(Cl)C(O)c1ccccc1. The number of aliphatic hydroxyl groups excluding tert-OH is 1. The average Bonchev–Trinajstić information content (AvgIpc) is 2.88. The normalized spacial score (nSPS) is 33.1. The molecule has 4 unspecified atom stereocenters. The summed E-state index contributed by atoms with van der Waals surface area (Å²) in [7, 11) is 0. The van der Waals surface area contributed by atoms with Gasteiger partial charge in [-0.3, -0.25) is 4.79 Å². The van der Waals surface area contributed by atoms with Crippen LogP contribution in [0.4, 0.5) is 0 Å². The highest BCUT2D eigenvalue weighted by atomic mass is 35.5. The van der Waals surface area contributed by atoms with E-state index >= 15 is 0 Å². The van der Waals surface area contributed by atoms with E-state index in [2.05, 4.69) is 0 Å². The summed E-state index contributed by atoms with van der Waals surface area (Å²) in [4.78, 5) is 21.9. The van der Waals surface area contributed by atoms with Gasteiger partial charge in [0.2, 0.25) is 0 Å². The van der Waals surface area contributed by atoms with Crippen molar-refractivity contribution in [3.05, 3.63) is 47.5 Å². The molecule has 3 rings (SSSR count). The molecule has 4 atom stereocenters. The number of fused-ring (bicyclic) bond motifs is 1. The Morgan fingerprint density at radius 1 is 1.35 bits per heavy atom. The molecular weight excluding hydrogens is 280 g/mol. The van der Waals surface area contributed by atoms with Crippen molar-refractivity contribution in [2.24, 2.45) is 11.8 Å². The lowest BCUT2D eigenvalue weighted by atomic mass is 9.59. The third-order valence-corrected chi connectivity index (χ3v) is 4.96. The number of hydrogen-bond acceptors (Lipinski definition) is 3. The van der Waals surface area contributed by atoms with Crippen LogP contribution in [0.2, 0.25) is 0 Å². The first-order valence-electron chi connectivity index (χ1n) is 6.37. The summed E-state index contributed by atoms with van der Waals surface area (Å²) in [5.41, 5.74) is 0.676. The zero-order valence-corrected chi connectivity index (χ0v) is 11.2. The van der Waals surface area contributed by atoms with E-state index in [0.29, 0.717) is 12.0 Å². The molecule has 1 aromatic rings. The predicted octanol–water partition coefficient (Wildman–Crippen LogP) is 1.93. The highest BCUT2D eigenvalue weighted by molar-refractivity contribution is 6.40. The average molecular weight is 293 g/mol. The van der Waals surface area contributed by atoms with Crippen LogP contribution < -0.4 is 0 Å². The molecule has 20 heavy (non-hydrogen) atoms. The molecule has 0 radical (unpaired) electrons. The summed E-state index contributed by atoms with van der Waals surface area (Å²) in [6.07, 6.45) is 0.823. The van der Waals surface area contributed by atoms with E-state index in [9.17, 15) is 14.7 Å². The Morgan fingerprint density at radius 2 is 2.00 bits per heavy atom. The second kappa shape index (κ2) is 4.43. The molecule has 2 N–H and O–H groups in total. The lowest BCUT2D eigenvalue weighted by molar-refractivity contribution is -0.147. The maximum atomic E-state index is 12.3. The summed E-state index contributed by atoms with van der Waals surface area (Å²) in [6.45, 7) is 0. The molecule has 0 saturated heterocycles. The number of allylic oxidation sites excluding steroid dienone is 1. The number of aliphatic hydroxyl groups is 1. The van der Waals surface area contributed by atoms with Crippen LogP contribution in [0.15, 0.2) is 42.0 Å². The fourth-order valence-electron chi connectivity index (χ4n) is 3.23. The van der Waals surface area contributed by atoms with E-state index in [0.717, 1.165) is 0 Å². The van der Waals surface area contributed by atoms with E-state index in [1.165, 1.54) is 6.08 Å². The summed E-state index contributed by atoms with van der Waals surface area (Å²) >= 11 is 6.39. The Morgan fingerprint density at radius 3 is 2.60 bits per heavy atom. The maximum Gasteiger partial charge on any atom is 0.331 e. The van der Waals surface area contributed by atoms with Crippen molar-refractivity contribution >= 4 is 23.4 Å². The number of Topliss-reactive ketones (excluding diaryl/α,β-unsaturated/α-hetero) is 1. The topological polar surface area (TPSA) is 74.6 Å². The molecule has 1 saturated carbocycles. The molecule has 1 fully saturated rings. The smallest absolute Gasteiger partial charge is 0.331 e. The minimum atomic E-state index is -1.42. The standard InChI is InChI=1S/C15H13ClO4/c16-15(12(17)8-4-2-1-3-5-8)10-7-6-9(14(19)20)11(10)13(15)18/h1-6,10-12,17H,7H2,(H,19,20). The van der Waals surface area contributed by atoms with Crippen LogP contribution in [0.5, 0.6) is 0 Å². The van der Waals surface area contributed by atoms with Crippen molar-refractivity contribution in [2.75, 3.05) is 0 Å². The second-order valence-corrected chi connectivity index (χ2v) is 5.86. The van der Waals surface area contributed by atoms with E-state index in [1.54, 1.807) is 24.3 Å². The third kappa shape index (κ3) is 1.58. The Balaban J connectivity index is 1.90. The number of rotatable bonds is 3. The van der Waals surface area contributed by atoms with Crippen LogP contribution in [-0.4, -0.2) is 26.8 Å². The molecule has 2 aliphatic rings. The van der Waals surface area contributed by atoms with Crippen molar-refractivity contribution < 1.29 is 19.8 Å². The fraction of sp³-hybridized carbons (Fsp3) is 0.333. The Kier molecular flexibility index (Phi) is 2.96. The molecule has 5 heteroatoms. The van der Waals surface area contributed by atoms with Gasteiger partial charge in [-0.25, -0.2) is 4.79 Å². The first-order valence-corrected chi connectivity index (χ1v) is 6.75. The molecule has 0 aromatic heterocycles. The van der Waals surface area contributed by atoms with Crippen LogP contribution in [-0.2, 0) is 9.59 Å². The van der Waals surface area contributed by atoms with Gasteiger partial charge in [-0.1, -0.05) is 36.4 Å². The van der Waals surface area contributed by atoms with Crippen LogP contribution in [0.25, 0.3) is 0 Å². The number of aliphatic carboxylic acids is 1. The molecule has 0 spiro atoms. The van der Waals surface area contributed by atoms with Gasteiger partial charge in [0.15, 0.2) is 5.78 Å². The molecule has 0 aliphatic heterocycles. The molecule has 0 amide bonds. The Hall–Kier alpha value is -1.65. The Labute approximate surface area is 120 Å². The van der Waals surface area contributed by atoms with Crippen molar-refractivity contribution in [3.63, 3.8) is 0 Å². The van der Waals surface area contributed by atoms with Crippen LogP contribution in [0, 0.1) is 11.8 Å². The minimum absolute atomic E-state index is 0.108. The summed E-state index contributed by atoms with van der Waals surface area (Å²) in [5.74, 6) is -2.51. The quantitative estimate of drug-likeness (QED) is 0.835. The van der Waals surface area contributed by atoms with Crippen molar-refractivity contribution in [1.29, 1.82) is 0 Å². The van der Waals surface area contributed by atoms with Gasteiger partial charge < -0.3 is 10.2 Å². The number of alkyl halides is 1. The zero-order valence-electron chi connectivity index (χ0n) is 10.5. The van der Waals surface area contributed by atoms with E-state index < -0.39 is 28.6 Å². The number of benzene rings is 1. The van der Waals surface area contributed by atoms with Crippen molar-refractivity contribution in [3.8, 4) is 0 Å². The summed E-state index contributed by atoms with van der Waals surface area (Å²) in [5, 5.41) is 19.5. The predicted molar refractivity (Wildman–Crippen MR) is 72.3 cm³/mol. The number of hydrogen-bond donors (Lipinski definition) is 2. The van der Waals surface area contributed by atoms with E-state index in [4.69, 9.17) is 16.7 Å². The lowest BCUT2D eigenvalue weighted by Gasteiger charge is -2.49. The zero-order chi connectivity index (χ0) is 14.5. The lowest BCUT2D eigenvalue weighted by Crippen LogP contribution is -2.62. The fourth-order valence-corrected chi connectivity index (χ4v) is 3.69. The summed E-state index contributed by atoms with van der Waals surface area (Å²) in [6, 6.07) is 8.73. The van der Waals surface area contributed by atoms with E-state index in [1.807, 2.05) is 6.07 Å². The highest BCUT2D eigenvalue weighted by Crippen LogP contribution is 2.59. The number of halogens is 1. The van der Waals surface area contributed by atoms with Gasteiger partial charge in [0, 0.05) is 11.5 Å². The van der Waals surface area contributed by atoms with E-state index in [-0.39, 0.29) is 11.5 Å². The van der Waals surface area contributed by atoms with Gasteiger partial charge in [0.05, 0.1) is 5.92 Å². The van der Waals surface area contributed by atoms with Gasteiger partial charge in [0.1, 0.15) is 11.0 Å². The van der Waals surface area contributed by atoms with Crippen LogP contribution in [0.3, 0.4) is 0 Å². The molecule has 4 nitrogen and oxygen atoms in total. The molecule has 1 aromatic carbocycles. The maximum absolute atomic E-state index is 12.3. The molecule has 104 valence electrons. The molecule has 2 aliphatic carbocycles. The van der Waals surface area contributed by atoms with Crippen molar-refractivity contribution in [1.82, 2.24) is 0 Å². The number of carbonyl (C=O) groups is 2. The van der Waals surface area contributed by atoms with Crippen LogP contribution in [0.1, 0.15) is 18.1 Å². The minimum Gasteiger partial charge on any atom is -0.478 e. The number of ketones is 1. The van der Waals surface area contributed by atoms with Gasteiger partial charge >= 0.3 is 5.97 Å². The largest absolute Gasteiger partial charge is 0.478 e. The number of carboxylic acid groups (broad SMARTS) is 1. The summed E-state index contributed by atoms with van der Waals surface area (Å²) < 4.78 is 0. The van der Waals surface area contributed by atoms with Crippen molar-refractivity contribution in [2.45, 2.75) is 17.4 Å². The number of carbonyl (C=O) groups excluding carboxylic acids is 1. The highest BCUT2D eigenvalue weighted by Gasteiger charge is 2.67. The monoisotopic (exact) mass is 292 g/mol. The first kappa shape index (κ1) is 13.3. The second-order valence-electron chi connectivity index (χ2n) is 5.23. The molecular formula is C15H13ClO4. The molecule has 0 bridgehead atoms. The van der Waals surface area contributed by atoms with Gasteiger partial charge in [-0.2, -0.15) is 0 Å². The molecule has 0 heterocycles. The van der Waals surface area contributed by atoms with Gasteiger partial charge in [-0.15, -0.1) is 11.6 Å². The van der Waals surface area contributed by atoms with Gasteiger partial charge in [0.25, 0.3) is 0 Å². The van der Waals surface area contributed by atoms with Crippen LogP contribution >= 0.6 is 11.6 Å². The third-order valence-electron chi connectivity index (χ3n) is 4.29.